The second-order valence-corrected chi connectivity index (χ2v) is 6.51. The molecule has 1 rings (SSSR count). The average Bonchev–Trinajstić information content (AvgIpc) is 2.79. The Hall–Kier alpha value is -0.450. The molecule has 0 fully saturated rings. The summed E-state index contributed by atoms with van der Waals surface area (Å²) in [5.41, 5.74) is 1.18. The second kappa shape index (κ2) is 7.36. The summed E-state index contributed by atoms with van der Waals surface area (Å²) in [6.07, 6.45) is 2.15. The van der Waals surface area contributed by atoms with Gasteiger partial charge in [-0.15, -0.1) is 11.3 Å². The topological polar surface area (TPSA) is 34.2 Å². The van der Waals surface area contributed by atoms with Crippen LogP contribution in [0.25, 0.3) is 0 Å². The van der Waals surface area contributed by atoms with Crippen molar-refractivity contribution in [2.75, 3.05) is 20.3 Å². The molecule has 3 nitrogen and oxygen atoms in total. The molecule has 0 aliphatic rings. The Morgan fingerprint density at radius 2 is 2.11 bits per heavy atom. The normalized spacial score (nSPS) is 16.3. The van der Waals surface area contributed by atoms with Crippen molar-refractivity contribution >= 4 is 11.3 Å². The summed E-state index contributed by atoms with van der Waals surface area (Å²) in [4.78, 5) is 6.21. The molecule has 0 aliphatic carbocycles. The first-order valence-electron chi connectivity index (χ1n) is 7.20. The van der Waals surface area contributed by atoms with E-state index in [1.807, 2.05) is 11.3 Å². The van der Waals surface area contributed by atoms with Crippen molar-refractivity contribution in [1.29, 1.82) is 0 Å². The lowest BCUT2D eigenvalue weighted by atomic mass is 9.85. The van der Waals surface area contributed by atoms with Crippen LogP contribution in [-0.4, -0.2) is 25.2 Å². The SMILES string of the molecule is CCc1nc(C(C)(NCCOC)C(C)CC)sc1C. The molecule has 0 amide bonds. The number of ether oxygens (including phenoxy) is 1. The lowest BCUT2D eigenvalue weighted by molar-refractivity contribution is 0.168. The van der Waals surface area contributed by atoms with Crippen molar-refractivity contribution in [3.8, 4) is 0 Å². The van der Waals surface area contributed by atoms with Gasteiger partial charge in [-0.25, -0.2) is 4.98 Å². The monoisotopic (exact) mass is 284 g/mol. The van der Waals surface area contributed by atoms with Gasteiger partial charge in [-0.3, -0.25) is 0 Å². The molecule has 0 bridgehead atoms. The van der Waals surface area contributed by atoms with Gasteiger partial charge >= 0.3 is 0 Å². The van der Waals surface area contributed by atoms with Crippen molar-refractivity contribution in [3.05, 3.63) is 15.6 Å². The quantitative estimate of drug-likeness (QED) is 0.742. The Kier molecular flexibility index (Phi) is 6.43. The van der Waals surface area contributed by atoms with Crippen molar-refractivity contribution < 1.29 is 4.74 Å². The Morgan fingerprint density at radius 1 is 1.42 bits per heavy atom. The first kappa shape index (κ1) is 16.6. The minimum atomic E-state index is -0.0594. The molecule has 1 N–H and O–H groups in total. The van der Waals surface area contributed by atoms with E-state index >= 15 is 0 Å². The predicted molar refractivity (Wildman–Crippen MR) is 82.9 cm³/mol. The predicted octanol–water partition coefficient (Wildman–Crippen LogP) is 3.51. The maximum atomic E-state index is 5.16. The van der Waals surface area contributed by atoms with Crippen LogP contribution in [0.1, 0.15) is 49.7 Å². The zero-order valence-corrected chi connectivity index (χ0v) is 14.0. The number of aryl methyl sites for hydroxylation is 2. The Balaban J connectivity index is 3.00. The largest absolute Gasteiger partial charge is 0.383 e. The van der Waals surface area contributed by atoms with Crippen LogP contribution in [0.2, 0.25) is 0 Å². The number of methoxy groups -OCH3 is 1. The highest BCUT2D eigenvalue weighted by Crippen LogP contribution is 2.35. The van der Waals surface area contributed by atoms with E-state index in [2.05, 4.69) is 39.9 Å². The summed E-state index contributed by atoms with van der Waals surface area (Å²) in [6, 6.07) is 0. The van der Waals surface area contributed by atoms with Crippen LogP contribution in [0.4, 0.5) is 0 Å². The zero-order valence-electron chi connectivity index (χ0n) is 13.2. The van der Waals surface area contributed by atoms with Crippen LogP contribution in [-0.2, 0) is 16.7 Å². The molecule has 0 aromatic carbocycles. The van der Waals surface area contributed by atoms with Crippen LogP contribution < -0.4 is 5.32 Å². The number of nitrogens with one attached hydrogen (secondary N) is 1. The highest BCUT2D eigenvalue weighted by molar-refractivity contribution is 7.11. The van der Waals surface area contributed by atoms with E-state index in [-0.39, 0.29) is 5.54 Å². The van der Waals surface area contributed by atoms with Crippen LogP contribution in [0, 0.1) is 12.8 Å². The van der Waals surface area contributed by atoms with E-state index < -0.39 is 0 Å². The van der Waals surface area contributed by atoms with E-state index in [9.17, 15) is 0 Å². The first-order chi connectivity index (χ1) is 8.99. The third-order valence-corrected chi connectivity index (χ3v) is 5.32. The van der Waals surface area contributed by atoms with Crippen molar-refractivity contribution in [1.82, 2.24) is 10.3 Å². The number of nitrogens with zero attached hydrogens (tertiary/aromatic N) is 1. The van der Waals surface area contributed by atoms with Crippen LogP contribution >= 0.6 is 11.3 Å². The van der Waals surface area contributed by atoms with Gasteiger partial charge in [-0.2, -0.15) is 0 Å². The summed E-state index contributed by atoms with van der Waals surface area (Å²) in [5.74, 6) is 0.541. The zero-order chi connectivity index (χ0) is 14.5. The summed E-state index contributed by atoms with van der Waals surface area (Å²) in [7, 11) is 1.74. The lowest BCUT2D eigenvalue weighted by Gasteiger charge is -2.34. The molecule has 2 unspecified atom stereocenters. The van der Waals surface area contributed by atoms with E-state index in [1.54, 1.807) is 7.11 Å². The van der Waals surface area contributed by atoms with Gasteiger partial charge in [0.25, 0.3) is 0 Å². The highest BCUT2D eigenvalue weighted by Gasteiger charge is 2.34. The van der Waals surface area contributed by atoms with Gasteiger partial charge in [-0.05, 0) is 26.2 Å². The third-order valence-electron chi connectivity index (χ3n) is 4.07. The standard InChI is InChI=1S/C15H28N2OS/c1-7-11(3)15(5,16-9-10-18-6)14-17-13(8-2)12(4)19-14/h11,16H,7-10H2,1-6H3. The molecule has 1 aromatic heterocycles. The van der Waals surface area contributed by atoms with Gasteiger partial charge < -0.3 is 10.1 Å². The fourth-order valence-electron chi connectivity index (χ4n) is 2.26. The molecule has 110 valence electrons. The maximum Gasteiger partial charge on any atom is 0.113 e. The van der Waals surface area contributed by atoms with Gasteiger partial charge in [0.1, 0.15) is 5.01 Å². The molecule has 0 radical (unpaired) electrons. The summed E-state index contributed by atoms with van der Waals surface area (Å²) >= 11 is 1.83. The van der Waals surface area contributed by atoms with Gasteiger partial charge in [0.05, 0.1) is 17.8 Å². The third kappa shape index (κ3) is 3.77. The molecular weight excluding hydrogens is 256 g/mol. The highest BCUT2D eigenvalue weighted by atomic mass is 32.1. The Morgan fingerprint density at radius 3 is 2.58 bits per heavy atom. The summed E-state index contributed by atoms with van der Waals surface area (Å²) in [6.45, 7) is 12.7. The minimum Gasteiger partial charge on any atom is -0.383 e. The smallest absolute Gasteiger partial charge is 0.113 e. The Labute approximate surface area is 121 Å². The fourth-order valence-corrected chi connectivity index (χ4v) is 3.50. The van der Waals surface area contributed by atoms with Crippen molar-refractivity contribution in [2.24, 2.45) is 5.92 Å². The molecule has 1 aromatic rings. The Bertz CT molecular complexity index is 391. The van der Waals surface area contributed by atoms with E-state index in [0.29, 0.717) is 5.92 Å². The number of thiazole rings is 1. The molecule has 2 atom stereocenters. The molecule has 19 heavy (non-hydrogen) atoms. The lowest BCUT2D eigenvalue weighted by Crippen LogP contribution is -2.46. The molecule has 0 saturated heterocycles. The van der Waals surface area contributed by atoms with Gasteiger partial charge in [0.15, 0.2) is 0 Å². The molecular formula is C15H28N2OS. The van der Waals surface area contributed by atoms with Crippen LogP contribution in [0.5, 0.6) is 0 Å². The molecule has 4 heteroatoms. The van der Waals surface area contributed by atoms with Gasteiger partial charge in [-0.1, -0.05) is 27.2 Å². The van der Waals surface area contributed by atoms with Crippen LogP contribution in [0.3, 0.4) is 0 Å². The van der Waals surface area contributed by atoms with E-state index in [4.69, 9.17) is 9.72 Å². The van der Waals surface area contributed by atoms with Crippen LogP contribution in [0.15, 0.2) is 0 Å². The van der Waals surface area contributed by atoms with E-state index in [1.165, 1.54) is 15.6 Å². The molecule has 0 saturated carbocycles. The number of rotatable bonds is 8. The number of aromatic nitrogens is 1. The molecule has 0 spiro atoms. The van der Waals surface area contributed by atoms with Gasteiger partial charge in [0, 0.05) is 18.5 Å². The number of hydrogen-bond donors (Lipinski definition) is 1. The summed E-state index contributed by atoms with van der Waals surface area (Å²) in [5, 5.41) is 4.87. The number of hydrogen-bond acceptors (Lipinski definition) is 4. The van der Waals surface area contributed by atoms with Crippen molar-refractivity contribution in [3.63, 3.8) is 0 Å². The average molecular weight is 284 g/mol. The van der Waals surface area contributed by atoms with Gasteiger partial charge in [0.2, 0.25) is 0 Å². The minimum absolute atomic E-state index is 0.0594. The van der Waals surface area contributed by atoms with Crippen molar-refractivity contribution in [2.45, 2.75) is 53.0 Å². The van der Waals surface area contributed by atoms with E-state index in [0.717, 1.165) is 26.0 Å². The maximum absolute atomic E-state index is 5.16. The fraction of sp³-hybridized carbons (Fsp3) is 0.800. The second-order valence-electron chi connectivity index (χ2n) is 5.31. The first-order valence-corrected chi connectivity index (χ1v) is 8.01. The summed E-state index contributed by atoms with van der Waals surface area (Å²) < 4.78 is 5.16. The molecule has 0 aliphatic heterocycles. The molecule has 1 heterocycles.